The van der Waals surface area contributed by atoms with E-state index >= 15 is 0 Å². The Morgan fingerprint density at radius 1 is 1.00 bits per heavy atom. The molecule has 0 amide bonds. The summed E-state index contributed by atoms with van der Waals surface area (Å²) in [5.41, 5.74) is -0.944. The molecule has 0 N–H and O–H groups in total. The molecule has 0 radical (unpaired) electrons. The lowest BCUT2D eigenvalue weighted by molar-refractivity contribution is -0.132. The van der Waals surface area contributed by atoms with Gasteiger partial charge in [-0.2, -0.15) is 0 Å². The molecule has 0 fully saturated rings. The first kappa shape index (κ1) is 7.92. The Morgan fingerprint density at radius 2 is 1.36 bits per heavy atom. The summed E-state index contributed by atoms with van der Waals surface area (Å²) in [4.78, 5) is 22.2. The molecule has 0 atom stereocenters. The van der Waals surface area contributed by atoms with Crippen LogP contribution in [0.3, 0.4) is 0 Å². The largest absolute Gasteiger partial charge is 0.298 e. The molecule has 2 heteroatoms. The van der Waals surface area contributed by atoms with Crippen LogP contribution in [0.4, 0.5) is 0 Å². The van der Waals surface area contributed by atoms with Crippen molar-refractivity contribution in [1.82, 2.24) is 0 Å². The Bertz CT molecular complexity index is 231. The predicted octanol–water partition coefficient (Wildman–Crippen LogP) is 1.28. The Labute approximate surface area is 65.6 Å². The van der Waals surface area contributed by atoms with Crippen LogP contribution in [0, 0.1) is 5.41 Å². The SMILES string of the molecule is CC(=O)C1(C(C)=O)C=CC=C1. The molecule has 2 nitrogen and oxygen atoms in total. The van der Waals surface area contributed by atoms with Crippen molar-refractivity contribution >= 4 is 11.6 Å². The van der Waals surface area contributed by atoms with Gasteiger partial charge in [-0.1, -0.05) is 24.3 Å². The lowest BCUT2D eigenvalue weighted by Gasteiger charge is -2.16. The van der Waals surface area contributed by atoms with Gasteiger partial charge in [-0.25, -0.2) is 0 Å². The summed E-state index contributed by atoms with van der Waals surface area (Å²) in [6.45, 7) is 2.86. The van der Waals surface area contributed by atoms with Crippen molar-refractivity contribution in [2.45, 2.75) is 13.8 Å². The molecule has 0 saturated carbocycles. The highest BCUT2D eigenvalue weighted by Crippen LogP contribution is 2.27. The number of ketones is 2. The van der Waals surface area contributed by atoms with Gasteiger partial charge in [0.25, 0.3) is 0 Å². The number of allylic oxidation sites excluding steroid dienone is 4. The zero-order valence-electron chi connectivity index (χ0n) is 6.63. The second-order valence-electron chi connectivity index (χ2n) is 2.70. The molecule has 0 unspecified atom stereocenters. The van der Waals surface area contributed by atoms with E-state index in [1.165, 1.54) is 13.8 Å². The standard InChI is InChI=1S/C9H10O2/c1-7(10)9(8(2)11)5-3-4-6-9/h3-6H,1-2H3. The Kier molecular flexibility index (Phi) is 1.77. The molecule has 58 valence electrons. The average Bonchev–Trinajstić information content (AvgIpc) is 2.34. The summed E-state index contributed by atoms with van der Waals surface area (Å²) in [7, 11) is 0. The third-order valence-electron chi connectivity index (χ3n) is 1.99. The normalized spacial score (nSPS) is 18.7. The summed E-state index contributed by atoms with van der Waals surface area (Å²) in [6, 6.07) is 0. The monoisotopic (exact) mass is 150 g/mol. The van der Waals surface area contributed by atoms with Crippen molar-refractivity contribution in [2.75, 3.05) is 0 Å². The molecule has 1 rings (SSSR count). The van der Waals surface area contributed by atoms with E-state index in [9.17, 15) is 9.59 Å². The summed E-state index contributed by atoms with van der Waals surface area (Å²) >= 11 is 0. The van der Waals surface area contributed by atoms with Crippen LogP contribution in [-0.2, 0) is 9.59 Å². The topological polar surface area (TPSA) is 34.1 Å². The number of carbonyl (C=O) groups is 2. The molecule has 0 aliphatic heterocycles. The highest BCUT2D eigenvalue weighted by molar-refractivity contribution is 6.09. The molecule has 0 saturated heterocycles. The maximum absolute atomic E-state index is 11.1. The summed E-state index contributed by atoms with van der Waals surface area (Å²) in [5.74, 6) is -0.231. The molecule has 0 heterocycles. The van der Waals surface area contributed by atoms with Gasteiger partial charge < -0.3 is 0 Å². The average molecular weight is 150 g/mol. The summed E-state index contributed by atoms with van der Waals surface area (Å²) in [5, 5.41) is 0. The van der Waals surface area contributed by atoms with Crippen LogP contribution in [-0.4, -0.2) is 11.6 Å². The predicted molar refractivity (Wildman–Crippen MR) is 42.1 cm³/mol. The number of rotatable bonds is 2. The second kappa shape index (κ2) is 2.46. The van der Waals surface area contributed by atoms with Crippen LogP contribution < -0.4 is 0 Å². The number of hydrogen-bond donors (Lipinski definition) is 0. The molecule has 0 aromatic rings. The van der Waals surface area contributed by atoms with Crippen molar-refractivity contribution in [3.63, 3.8) is 0 Å². The lowest BCUT2D eigenvalue weighted by atomic mass is 9.82. The highest BCUT2D eigenvalue weighted by Gasteiger charge is 2.36. The maximum Gasteiger partial charge on any atom is 0.151 e. The van der Waals surface area contributed by atoms with Crippen LogP contribution >= 0.6 is 0 Å². The molecule has 0 aromatic carbocycles. The van der Waals surface area contributed by atoms with Gasteiger partial charge >= 0.3 is 0 Å². The molecule has 1 aliphatic rings. The molecule has 11 heavy (non-hydrogen) atoms. The first-order chi connectivity index (χ1) is 5.09. The van der Waals surface area contributed by atoms with Crippen molar-refractivity contribution < 1.29 is 9.59 Å². The van der Waals surface area contributed by atoms with Crippen molar-refractivity contribution in [3.8, 4) is 0 Å². The van der Waals surface area contributed by atoms with E-state index in [2.05, 4.69) is 0 Å². The summed E-state index contributed by atoms with van der Waals surface area (Å²) in [6.07, 6.45) is 6.72. The van der Waals surface area contributed by atoms with E-state index < -0.39 is 5.41 Å². The van der Waals surface area contributed by atoms with Crippen LogP contribution in [0.5, 0.6) is 0 Å². The minimum absolute atomic E-state index is 0.116. The zero-order chi connectivity index (χ0) is 8.48. The van der Waals surface area contributed by atoms with Gasteiger partial charge in [0, 0.05) is 0 Å². The van der Waals surface area contributed by atoms with Crippen molar-refractivity contribution in [1.29, 1.82) is 0 Å². The number of Topliss-reactive ketones (excluding diaryl/α,β-unsaturated/α-hetero) is 2. The highest BCUT2D eigenvalue weighted by atomic mass is 16.2. The minimum Gasteiger partial charge on any atom is -0.298 e. The van der Waals surface area contributed by atoms with Gasteiger partial charge in [0.05, 0.1) is 0 Å². The molecular weight excluding hydrogens is 140 g/mol. The van der Waals surface area contributed by atoms with Gasteiger partial charge in [0.15, 0.2) is 11.6 Å². The van der Waals surface area contributed by atoms with Gasteiger partial charge in [-0.15, -0.1) is 0 Å². The fourth-order valence-electron chi connectivity index (χ4n) is 1.19. The quantitative estimate of drug-likeness (QED) is 0.555. The molecule has 0 aromatic heterocycles. The third-order valence-corrected chi connectivity index (χ3v) is 1.99. The molecule has 0 bridgehead atoms. The van der Waals surface area contributed by atoms with E-state index in [1.54, 1.807) is 24.3 Å². The van der Waals surface area contributed by atoms with E-state index in [1.807, 2.05) is 0 Å². The van der Waals surface area contributed by atoms with Crippen LogP contribution in [0.2, 0.25) is 0 Å². The van der Waals surface area contributed by atoms with E-state index in [-0.39, 0.29) is 11.6 Å². The fourth-order valence-corrected chi connectivity index (χ4v) is 1.19. The van der Waals surface area contributed by atoms with Gasteiger partial charge in [0.2, 0.25) is 0 Å². The van der Waals surface area contributed by atoms with Gasteiger partial charge in [-0.3, -0.25) is 9.59 Å². The smallest absolute Gasteiger partial charge is 0.151 e. The Balaban J connectivity index is 3.09. The molecular formula is C9H10O2. The third kappa shape index (κ3) is 1.04. The molecule has 1 aliphatic carbocycles. The first-order valence-electron chi connectivity index (χ1n) is 3.49. The van der Waals surface area contributed by atoms with E-state index in [0.29, 0.717) is 0 Å². The fraction of sp³-hybridized carbons (Fsp3) is 0.333. The van der Waals surface area contributed by atoms with Gasteiger partial charge in [0.1, 0.15) is 5.41 Å². The zero-order valence-corrected chi connectivity index (χ0v) is 6.63. The Morgan fingerprint density at radius 3 is 1.55 bits per heavy atom. The summed E-state index contributed by atoms with van der Waals surface area (Å²) < 4.78 is 0. The van der Waals surface area contributed by atoms with E-state index in [0.717, 1.165) is 0 Å². The first-order valence-corrected chi connectivity index (χ1v) is 3.49. The lowest BCUT2D eigenvalue weighted by Crippen LogP contribution is -2.30. The Hall–Kier alpha value is -1.18. The molecule has 0 spiro atoms. The minimum atomic E-state index is -0.944. The van der Waals surface area contributed by atoms with Crippen molar-refractivity contribution in [2.24, 2.45) is 5.41 Å². The van der Waals surface area contributed by atoms with Crippen LogP contribution in [0.25, 0.3) is 0 Å². The van der Waals surface area contributed by atoms with E-state index in [4.69, 9.17) is 0 Å². The number of hydrogen-bond acceptors (Lipinski definition) is 2. The number of carbonyl (C=O) groups excluding carboxylic acids is 2. The maximum atomic E-state index is 11.1. The van der Waals surface area contributed by atoms with Crippen molar-refractivity contribution in [3.05, 3.63) is 24.3 Å². The van der Waals surface area contributed by atoms with Crippen LogP contribution in [0.15, 0.2) is 24.3 Å². The second-order valence-corrected chi connectivity index (χ2v) is 2.70. The van der Waals surface area contributed by atoms with Gasteiger partial charge in [-0.05, 0) is 13.8 Å². The van der Waals surface area contributed by atoms with Crippen LogP contribution in [0.1, 0.15) is 13.8 Å².